The molecular weight excluding hydrogens is 336 g/mol. The van der Waals surface area contributed by atoms with Crippen LogP contribution in [0.4, 0.5) is 0 Å². The molecule has 0 radical (unpaired) electrons. The number of rotatable bonds is 6. The third-order valence-corrected chi connectivity index (χ3v) is 5.43. The van der Waals surface area contributed by atoms with Gasteiger partial charge in [-0.25, -0.2) is 0 Å². The fourth-order valence-electron chi connectivity index (χ4n) is 3.37. The lowest BCUT2D eigenvalue weighted by atomic mass is 9.98. The van der Waals surface area contributed by atoms with Gasteiger partial charge in [0.05, 0.1) is 12.6 Å². The fraction of sp³-hybridized carbons (Fsp3) is 0.579. The monoisotopic (exact) mass is 360 g/mol. The maximum Gasteiger partial charge on any atom is 0.235 e. The fourth-order valence-corrected chi connectivity index (χ4v) is 3.49. The van der Waals surface area contributed by atoms with Crippen molar-refractivity contribution in [2.45, 2.75) is 31.8 Å². The van der Waals surface area contributed by atoms with E-state index >= 15 is 0 Å². The number of nitriles is 1. The summed E-state index contributed by atoms with van der Waals surface area (Å²) in [6.07, 6.45) is 2.07. The molecule has 1 saturated carbocycles. The first kappa shape index (κ1) is 18.2. The van der Waals surface area contributed by atoms with Gasteiger partial charge in [0.15, 0.2) is 0 Å². The summed E-state index contributed by atoms with van der Waals surface area (Å²) in [6, 6.07) is 10.2. The summed E-state index contributed by atoms with van der Waals surface area (Å²) in [6.45, 7) is 6.74. The Hall–Kier alpha value is -1.61. The third-order valence-electron chi connectivity index (χ3n) is 5.18. The minimum atomic E-state index is -0.701. The number of benzene rings is 1. The van der Waals surface area contributed by atoms with Crippen LogP contribution in [0.15, 0.2) is 24.3 Å². The van der Waals surface area contributed by atoms with Gasteiger partial charge >= 0.3 is 0 Å². The van der Waals surface area contributed by atoms with Gasteiger partial charge in [-0.05, 0) is 43.4 Å². The van der Waals surface area contributed by atoms with E-state index in [1.54, 1.807) is 0 Å². The first-order valence-electron chi connectivity index (χ1n) is 8.90. The van der Waals surface area contributed by atoms with E-state index in [1.165, 1.54) is 5.56 Å². The van der Waals surface area contributed by atoms with Crippen LogP contribution in [0.25, 0.3) is 0 Å². The van der Waals surface area contributed by atoms with Crippen molar-refractivity contribution >= 4 is 17.5 Å². The van der Waals surface area contributed by atoms with Gasteiger partial charge in [-0.15, -0.1) is 0 Å². The standard InChI is InChI=1S/C19H25ClN4O/c1-19(14-21,16-4-5-16)22-18(25)13-24-10-8-23(9-11-24)12-15-2-6-17(20)7-3-15/h2-3,6-7,16H,4-5,8-13H2,1H3,(H,22,25)/t19-/m0/s1. The van der Waals surface area contributed by atoms with E-state index in [0.29, 0.717) is 12.5 Å². The molecule has 1 aliphatic carbocycles. The molecule has 134 valence electrons. The molecule has 0 spiro atoms. The van der Waals surface area contributed by atoms with Crippen LogP contribution in [0.1, 0.15) is 25.3 Å². The van der Waals surface area contributed by atoms with E-state index in [9.17, 15) is 10.1 Å². The SMILES string of the molecule is C[C@@](C#N)(NC(=O)CN1CCN(Cc2ccc(Cl)cc2)CC1)C1CC1. The zero-order chi connectivity index (χ0) is 17.9. The molecule has 0 aromatic heterocycles. The van der Waals surface area contributed by atoms with Crippen LogP contribution >= 0.6 is 11.6 Å². The number of piperazine rings is 1. The Balaban J connectivity index is 1.42. The van der Waals surface area contributed by atoms with Gasteiger partial charge in [0.2, 0.25) is 5.91 Å². The number of carbonyl (C=O) groups is 1. The zero-order valence-corrected chi connectivity index (χ0v) is 15.4. The molecule has 6 heteroatoms. The van der Waals surface area contributed by atoms with Crippen LogP contribution in [0.2, 0.25) is 5.02 Å². The molecule has 1 heterocycles. The van der Waals surface area contributed by atoms with Crippen LogP contribution < -0.4 is 5.32 Å². The molecule has 0 unspecified atom stereocenters. The van der Waals surface area contributed by atoms with Gasteiger partial charge in [-0.1, -0.05) is 23.7 Å². The smallest absolute Gasteiger partial charge is 0.235 e. The van der Waals surface area contributed by atoms with Gasteiger partial charge in [0, 0.05) is 37.7 Å². The lowest BCUT2D eigenvalue weighted by Crippen LogP contribution is -2.53. The Kier molecular flexibility index (Phi) is 5.63. The summed E-state index contributed by atoms with van der Waals surface area (Å²) in [5, 5.41) is 13.0. The molecular formula is C19H25ClN4O. The van der Waals surface area contributed by atoms with E-state index < -0.39 is 5.54 Å². The van der Waals surface area contributed by atoms with Crippen LogP contribution in [0, 0.1) is 17.2 Å². The van der Waals surface area contributed by atoms with Crippen LogP contribution in [0.3, 0.4) is 0 Å². The molecule has 1 atom stereocenters. The van der Waals surface area contributed by atoms with E-state index in [0.717, 1.165) is 50.6 Å². The first-order chi connectivity index (χ1) is 12.0. The zero-order valence-electron chi connectivity index (χ0n) is 14.7. The summed E-state index contributed by atoms with van der Waals surface area (Å²) in [5.41, 5.74) is 0.554. The molecule has 2 fully saturated rings. The normalized spacial score (nSPS) is 21.3. The second-order valence-corrected chi connectivity index (χ2v) is 7.75. The summed E-state index contributed by atoms with van der Waals surface area (Å²) in [7, 11) is 0. The number of nitrogens with zero attached hydrogens (tertiary/aromatic N) is 3. The van der Waals surface area contributed by atoms with Gasteiger partial charge in [0.25, 0.3) is 0 Å². The molecule has 1 aliphatic heterocycles. The summed E-state index contributed by atoms with van der Waals surface area (Å²) >= 11 is 5.92. The number of nitrogens with one attached hydrogen (secondary N) is 1. The highest BCUT2D eigenvalue weighted by Crippen LogP contribution is 2.39. The van der Waals surface area contributed by atoms with E-state index in [1.807, 2.05) is 19.1 Å². The molecule has 1 saturated heterocycles. The second kappa shape index (κ2) is 7.74. The van der Waals surface area contributed by atoms with Crippen LogP contribution in [-0.2, 0) is 11.3 Å². The van der Waals surface area contributed by atoms with Crippen molar-refractivity contribution in [2.75, 3.05) is 32.7 Å². The maximum absolute atomic E-state index is 12.3. The highest BCUT2D eigenvalue weighted by atomic mass is 35.5. The number of hydrogen-bond donors (Lipinski definition) is 1. The van der Waals surface area contributed by atoms with Crippen molar-refractivity contribution < 1.29 is 4.79 Å². The maximum atomic E-state index is 12.3. The molecule has 2 aliphatic rings. The second-order valence-electron chi connectivity index (χ2n) is 7.32. The predicted molar refractivity (Wildman–Crippen MR) is 98.1 cm³/mol. The van der Waals surface area contributed by atoms with Crippen molar-refractivity contribution in [3.8, 4) is 6.07 Å². The lowest BCUT2D eigenvalue weighted by Gasteiger charge is -2.35. The van der Waals surface area contributed by atoms with Gasteiger partial charge < -0.3 is 5.32 Å². The Bertz CT molecular complexity index is 644. The Morgan fingerprint density at radius 2 is 1.84 bits per heavy atom. The quantitative estimate of drug-likeness (QED) is 0.845. The Morgan fingerprint density at radius 3 is 2.40 bits per heavy atom. The average Bonchev–Trinajstić information content (AvgIpc) is 3.44. The Morgan fingerprint density at radius 1 is 1.24 bits per heavy atom. The molecule has 5 nitrogen and oxygen atoms in total. The van der Waals surface area contributed by atoms with Crippen molar-refractivity contribution in [3.63, 3.8) is 0 Å². The molecule has 1 aromatic rings. The van der Waals surface area contributed by atoms with Crippen molar-refractivity contribution in [1.29, 1.82) is 5.26 Å². The van der Waals surface area contributed by atoms with Crippen molar-refractivity contribution in [1.82, 2.24) is 15.1 Å². The highest BCUT2D eigenvalue weighted by molar-refractivity contribution is 6.30. The molecule has 1 aromatic carbocycles. The minimum Gasteiger partial charge on any atom is -0.337 e. The Labute approximate surface area is 154 Å². The first-order valence-corrected chi connectivity index (χ1v) is 9.28. The van der Waals surface area contributed by atoms with E-state index in [2.05, 4.69) is 33.3 Å². The van der Waals surface area contributed by atoms with Crippen LogP contribution in [-0.4, -0.2) is 54.0 Å². The predicted octanol–water partition coefficient (Wildman–Crippen LogP) is 2.27. The molecule has 25 heavy (non-hydrogen) atoms. The highest BCUT2D eigenvalue weighted by Gasteiger charge is 2.43. The summed E-state index contributed by atoms with van der Waals surface area (Å²) in [5.74, 6) is 0.278. The summed E-state index contributed by atoms with van der Waals surface area (Å²) < 4.78 is 0. The molecule has 1 amide bonds. The molecule has 3 rings (SSSR count). The largest absolute Gasteiger partial charge is 0.337 e. The topological polar surface area (TPSA) is 59.4 Å². The average molecular weight is 361 g/mol. The van der Waals surface area contributed by atoms with Gasteiger partial charge in [-0.2, -0.15) is 5.26 Å². The number of carbonyl (C=O) groups excluding carboxylic acids is 1. The van der Waals surface area contributed by atoms with Gasteiger partial charge in [0.1, 0.15) is 5.54 Å². The van der Waals surface area contributed by atoms with Crippen molar-refractivity contribution in [2.24, 2.45) is 5.92 Å². The number of hydrogen-bond acceptors (Lipinski definition) is 4. The number of amides is 1. The van der Waals surface area contributed by atoms with E-state index in [-0.39, 0.29) is 5.91 Å². The van der Waals surface area contributed by atoms with Crippen LogP contribution in [0.5, 0.6) is 0 Å². The molecule has 1 N–H and O–H groups in total. The van der Waals surface area contributed by atoms with Crippen molar-refractivity contribution in [3.05, 3.63) is 34.9 Å². The minimum absolute atomic E-state index is 0.0397. The third kappa shape index (κ3) is 4.94. The van der Waals surface area contributed by atoms with Gasteiger partial charge in [-0.3, -0.25) is 14.6 Å². The van der Waals surface area contributed by atoms with E-state index in [4.69, 9.17) is 11.6 Å². The number of halogens is 1. The lowest BCUT2D eigenvalue weighted by molar-refractivity contribution is -0.124. The summed E-state index contributed by atoms with van der Waals surface area (Å²) in [4.78, 5) is 16.8. The molecule has 0 bridgehead atoms.